The molecule has 1 heterocycles. The van der Waals surface area contributed by atoms with Gasteiger partial charge in [0.05, 0.1) is 6.61 Å². The Morgan fingerprint density at radius 1 is 1.50 bits per heavy atom. The lowest BCUT2D eigenvalue weighted by molar-refractivity contribution is -0.365. The van der Waals surface area contributed by atoms with Gasteiger partial charge in [0.1, 0.15) is 6.04 Å². The van der Waals surface area contributed by atoms with Gasteiger partial charge < -0.3 is 30.5 Å². The highest BCUT2D eigenvalue weighted by molar-refractivity contribution is 5.78. The summed E-state index contributed by atoms with van der Waals surface area (Å²) in [4.78, 5) is 22.3. The van der Waals surface area contributed by atoms with Gasteiger partial charge in [0.15, 0.2) is 6.10 Å². The van der Waals surface area contributed by atoms with E-state index < -0.39 is 36.7 Å². The fourth-order valence-corrected chi connectivity index (χ4v) is 1.10. The van der Waals surface area contributed by atoms with Crippen LogP contribution in [-0.4, -0.2) is 52.0 Å². The Morgan fingerprint density at radius 2 is 2.12 bits per heavy atom. The SMILES string of the molecule is N[C@@H]1CCC(=O)OC(O)(C(O)CO)OC1=O. The van der Waals surface area contributed by atoms with Gasteiger partial charge in [0.25, 0.3) is 0 Å². The van der Waals surface area contributed by atoms with Crippen LogP contribution in [0.5, 0.6) is 0 Å². The molecule has 0 saturated carbocycles. The first-order valence-electron chi connectivity index (χ1n) is 4.60. The summed E-state index contributed by atoms with van der Waals surface area (Å²) in [5, 5.41) is 27.4. The van der Waals surface area contributed by atoms with E-state index in [0.29, 0.717) is 0 Å². The quantitative estimate of drug-likeness (QED) is 0.376. The zero-order chi connectivity index (χ0) is 12.3. The largest absolute Gasteiger partial charge is 0.403 e. The van der Waals surface area contributed by atoms with Crippen LogP contribution in [0.25, 0.3) is 0 Å². The van der Waals surface area contributed by atoms with Gasteiger partial charge >= 0.3 is 17.9 Å². The van der Waals surface area contributed by atoms with E-state index in [-0.39, 0.29) is 12.8 Å². The number of hydrogen-bond donors (Lipinski definition) is 4. The molecule has 0 aromatic rings. The van der Waals surface area contributed by atoms with Crippen molar-refractivity contribution in [3.63, 3.8) is 0 Å². The number of rotatable bonds is 2. The third-order valence-corrected chi connectivity index (χ3v) is 2.06. The highest BCUT2D eigenvalue weighted by Gasteiger charge is 2.46. The molecule has 0 amide bonds. The Labute approximate surface area is 90.6 Å². The highest BCUT2D eigenvalue weighted by atomic mass is 16.8. The molecular weight excluding hydrogens is 222 g/mol. The Morgan fingerprint density at radius 3 is 2.69 bits per heavy atom. The fraction of sp³-hybridized carbons (Fsp3) is 0.750. The molecule has 1 aliphatic heterocycles. The van der Waals surface area contributed by atoms with Crippen LogP contribution in [0, 0.1) is 0 Å². The van der Waals surface area contributed by atoms with E-state index in [2.05, 4.69) is 9.47 Å². The van der Waals surface area contributed by atoms with Crippen molar-refractivity contribution in [1.29, 1.82) is 0 Å². The average Bonchev–Trinajstić information content (AvgIpc) is 2.22. The van der Waals surface area contributed by atoms with Crippen molar-refractivity contribution in [1.82, 2.24) is 0 Å². The zero-order valence-electron chi connectivity index (χ0n) is 8.33. The van der Waals surface area contributed by atoms with Crippen molar-refractivity contribution in [3.8, 4) is 0 Å². The highest BCUT2D eigenvalue weighted by Crippen LogP contribution is 2.20. The summed E-state index contributed by atoms with van der Waals surface area (Å²) < 4.78 is 8.71. The molecule has 8 nitrogen and oxygen atoms in total. The number of ether oxygens (including phenoxy) is 2. The first-order valence-corrected chi connectivity index (χ1v) is 4.60. The average molecular weight is 235 g/mol. The van der Waals surface area contributed by atoms with Gasteiger partial charge in [-0.15, -0.1) is 0 Å². The smallest absolute Gasteiger partial charge is 0.396 e. The van der Waals surface area contributed by atoms with Crippen molar-refractivity contribution in [2.45, 2.75) is 31.0 Å². The summed E-state index contributed by atoms with van der Waals surface area (Å²) in [5.41, 5.74) is 5.34. The van der Waals surface area contributed by atoms with Crippen LogP contribution < -0.4 is 5.73 Å². The molecule has 1 aliphatic rings. The Hall–Kier alpha value is -1.22. The zero-order valence-corrected chi connectivity index (χ0v) is 8.33. The molecule has 0 spiro atoms. The molecule has 92 valence electrons. The van der Waals surface area contributed by atoms with Crippen molar-refractivity contribution in [2.24, 2.45) is 5.73 Å². The molecule has 1 fully saturated rings. The molecule has 3 atom stereocenters. The third-order valence-electron chi connectivity index (χ3n) is 2.06. The van der Waals surface area contributed by atoms with Gasteiger partial charge in [0, 0.05) is 6.42 Å². The van der Waals surface area contributed by atoms with E-state index in [1.807, 2.05) is 0 Å². The molecule has 16 heavy (non-hydrogen) atoms. The first kappa shape index (κ1) is 12.8. The van der Waals surface area contributed by atoms with E-state index in [9.17, 15) is 19.8 Å². The number of aliphatic hydroxyl groups excluding tert-OH is 2. The number of nitrogens with two attached hydrogens (primary N) is 1. The summed E-state index contributed by atoms with van der Waals surface area (Å²) in [6, 6.07) is -1.09. The number of cyclic esters (lactones) is 2. The Balaban J connectivity index is 2.88. The van der Waals surface area contributed by atoms with E-state index in [0.717, 1.165) is 0 Å². The minimum Gasteiger partial charge on any atom is -0.396 e. The van der Waals surface area contributed by atoms with E-state index >= 15 is 0 Å². The second-order valence-electron chi connectivity index (χ2n) is 3.37. The van der Waals surface area contributed by atoms with Gasteiger partial charge in [-0.2, -0.15) is 0 Å². The number of carbonyl (C=O) groups excluding carboxylic acids is 2. The maximum Gasteiger partial charge on any atom is 0.403 e. The molecule has 0 bridgehead atoms. The van der Waals surface area contributed by atoms with Crippen molar-refractivity contribution in [2.75, 3.05) is 6.61 Å². The summed E-state index contributed by atoms with van der Waals surface area (Å²) in [6.45, 7) is -0.952. The van der Waals surface area contributed by atoms with Gasteiger partial charge in [-0.05, 0) is 6.42 Å². The molecule has 0 radical (unpaired) electrons. The topological polar surface area (TPSA) is 139 Å². The van der Waals surface area contributed by atoms with E-state index in [1.54, 1.807) is 0 Å². The van der Waals surface area contributed by atoms with E-state index in [1.165, 1.54) is 0 Å². The molecule has 8 heteroatoms. The molecule has 0 aromatic heterocycles. The van der Waals surface area contributed by atoms with Gasteiger partial charge in [-0.25, -0.2) is 0 Å². The lowest BCUT2D eigenvalue weighted by Gasteiger charge is -2.32. The summed E-state index contributed by atoms with van der Waals surface area (Å²) in [5.74, 6) is -4.80. The van der Waals surface area contributed by atoms with Gasteiger partial charge in [-0.1, -0.05) is 0 Å². The molecular formula is C8H13NO7. The number of aliphatic hydroxyl groups is 3. The minimum atomic E-state index is -2.89. The molecule has 0 aliphatic carbocycles. The third kappa shape index (κ3) is 2.67. The summed E-state index contributed by atoms with van der Waals surface area (Å²) >= 11 is 0. The van der Waals surface area contributed by atoms with Crippen LogP contribution >= 0.6 is 0 Å². The van der Waals surface area contributed by atoms with Crippen LogP contribution in [0.2, 0.25) is 0 Å². The van der Waals surface area contributed by atoms with Crippen LogP contribution in [0.4, 0.5) is 0 Å². The van der Waals surface area contributed by atoms with Crippen LogP contribution in [0.15, 0.2) is 0 Å². The minimum absolute atomic E-state index is 0.0168. The number of carbonyl (C=O) groups is 2. The van der Waals surface area contributed by atoms with Gasteiger partial charge in [0.2, 0.25) is 0 Å². The van der Waals surface area contributed by atoms with Crippen molar-refractivity contribution < 1.29 is 34.4 Å². The lowest BCUT2D eigenvalue weighted by Crippen LogP contribution is -2.55. The summed E-state index contributed by atoms with van der Waals surface area (Å²) in [6.07, 6.45) is -2.13. The molecule has 1 saturated heterocycles. The maximum absolute atomic E-state index is 11.2. The van der Waals surface area contributed by atoms with Gasteiger partial charge in [-0.3, -0.25) is 9.59 Å². The predicted molar refractivity (Wildman–Crippen MR) is 47.4 cm³/mol. The molecule has 0 aromatic carbocycles. The molecule has 5 N–H and O–H groups in total. The summed E-state index contributed by atoms with van der Waals surface area (Å²) in [7, 11) is 0. The maximum atomic E-state index is 11.2. The van der Waals surface area contributed by atoms with Crippen LogP contribution in [-0.2, 0) is 19.1 Å². The first-order chi connectivity index (χ1) is 7.39. The number of esters is 2. The second kappa shape index (κ2) is 4.74. The Kier molecular flexibility index (Phi) is 3.81. The fourth-order valence-electron chi connectivity index (χ4n) is 1.10. The van der Waals surface area contributed by atoms with Crippen molar-refractivity contribution >= 4 is 11.9 Å². The second-order valence-corrected chi connectivity index (χ2v) is 3.37. The standard InChI is InChI=1S/C8H13NO7/c9-4-1-2-6(12)15-8(14,5(11)3-10)16-7(4)13/h4-5,10-11,14H,1-3,9H2/t4-,5?,8?/m1/s1. The van der Waals surface area contributed by atoms with Crippen molar-refractivity contribution in [3.05, 3.63) is 0 Å². The predicted octanol–water partition coefficient (Wildman–Crippen LogP) is -2.81. The molecule has 2 unspecified atom stereocenters. The normalized spacial score (nSPS) is 33.4. The molecule has 1 rings (SSSR count). The van der Waals surface area contributed by atoms with Crippen LogP contribution in [0.1, 0.15) is 12.8 Å². The van der Waals surface area contributed by atoms with Crippen LogP contribution in [0.3, 0.4) is 0 Å². The lowest BCUT2D eigenvalue weighted by atomic mass is 10.1. The Bertz CT molecular complexity index is 294. The van der Waals surface area contributed by atoms with E-state index in [4.69, 9.17) is 10.8 Å². The monoisotopic (exact) mass is 235 g/mol. The number of hydrogen-bond acceptors (Lipinski definition) is 8.